The first-order valence-electron chi connectivity index (χ1n) is 7.45. The Bertz CT molecular complexity index is 597. The van der Waals surface area contributed by atoms with E-state index in [1.807, 2.05) is 0 Å². The van der Waals surface area contributed by atoms with E-state index in [1.54, 1.807) is 6.20 Å². The highest BCUT2D eigenvalue weighted by molar-refractivity contribution is 5.64. The van der Waals surface area contributed by atoms with Crippen LogP contribution < -0.4 is 10.6 Å². The van der Waals surface area contributed by atoms with Gasteiger partial charge >= 0.3 is 0 Å². The number of aromatic nitrogens is 3. The second kappa shape index (κ2) is 7.02. The molecule has 2 rings (SSSR count). The predicted molar refractivity (Wildman–Crippen MR) is 87.0 cm³/mol. The van der Waals surface area contributed by atoms with E-state index in [4.69, 9.17) is 0 Å². The van der Waals surface area contributed by atoms with Crippen LogP contribution in [0.3, 0.4) is 0 Å². The standard InChI is InChI=1S/C16H23N5/c1-5-12(4)18-16-20-14(10-17-21-16)19-15-11(3)8-7-9-13(15)6-2/h7-10,12H,5-6H2,1-4H3,(H2,18,19,20,21). The molecule has 1 aromatic heterocycles. The summed E-state index contributed by atoms with van der Waals surface area (Å²) in [5.41, 5.74) is 3.57. The van der Waals surface area contributed by atoms with Crippen LogP contribution in [0.15, 0.2) is 24.4 Å². The van der Waals surface area contributed by atoms with Crippen LogP contribution in [0.2, 0.25) is 0 Å². The van der Waals surface area contributed by atoms with Crippen LogP contribution in [0, 0.1) is 6.92 Å². The minimum atomic E-state index is 0.326. The van der Waals surface area contributed by atoms with Crippen LogP contribution in [0.4, 0.5) is 17.5 Å². The van der Waals surface area contributed by atoms with Crippen molar-refractivity contribution in [2.24, 2.45) is 0 Å². The fourth-order valence-electron chi connectivity index (χ4n) is 2.08. The number of benzene rings is 1. The summed E-state index contributed by atoms with van der Waals surface area (Å²) in [4.78, 5) is 4.48. The zero-order valence-corrected chi connectivity index (χ0v) is 13.1. The zero-order chi connectivity index (χ0) is 15.2. The van der Waals surface area contributed by atoms with E-state index in [0.29, 0.717) is 17.8 Å². The van der Waals surface area contributed by atoms with Crippen LogP contribution >= 0.6 is 0 Å². The molecule has 1 heterocycles. The van der Waals surface area contributed by atoms with Crippen molar-refractivity contribution >= 4 is 17.5 Å². The Labute approximate surface area is 126 Å². The quantitative estimate of drug-likeness (QED) is 0.847. The monoisotopic (exact) mass is 285 g/mol. The maximum Gasteiger partial charge on any atom is 0.244 e. The van der Waals surface area contributed by atoms with E-state index in [1.165, 1.54) is 11.1 Å². The zero-order valence-electron chi connectivity index (χ0n) is 13.1. The van der Waals surface area contributed by atoms with Crippen molar-refractivity contribution in [3.05, 3.63) is 35.5 Å². The van der Waals surface area contributed by atoms with Gasteiger partial charge in [-0.1, -0.05) is 32.0 Å². The third kappa shape index (κ3) is 3.90. The third-order valence-electron chi connectivity index (χ3n) is 3.54. The molecule has 0 amide bonds. The number of nitrogens with zero attached hydrogens (tertiary/aromatic N) is 3. The summed E-state index contributed by atoms with van der Waals surface area (Å²) >= 11 is 0. The van der Waals surface area contributed by atoms with Crippen molar-refractivity contribution < 1.29 is 0 Å². The molecule has 2 N–H and O–H groups in total. The number of rotatable bonds is 6. The number of hydrogen-bond acceptors (Lipinski definition) is 5. The Morgan fingerprint density at radius 2 is 2.05 bits per heavy atom. The summed E-state index contributed by atoms with van der Waals surface area (Å²) in [6, 6.07) is 6.62. The van der Waals surface area contributed by atoms with E-state index in [0.717, 1.165) is 18.5 Å². The van der Waals surface area contributed by atoms with Crippen molar-refractivity contribution in [3.63, 3.8) is 0 Å². The molecule has 0 fully saturated rings. The highest BCUT2D eigenvalue weighted by Crippen LogP contribution is 2.24. The summed E-state index contributed by atoms with van der Waals surface area (Å²) in [6.45, 7) is 8.45. The van der Waals surface area contributed by atoms with E-state index in [-0.39, 0.29) is 0 Å². The predicted octanol–water partition coefficient (Wildman–Crippen LogP) is 3.70. The van der Waals surface area contributed by atoms with E-state index >= 15 is 0 Å². The van der Waals surface area contributed by atoms with Crippen molar-refractivity contribution in [2.45, 2.75) is 46.6 Å². The summed E-state index contributed by atoms with van der Waals surface area (Å²) < 4.78 is 0. The molecule has 0 saturated carbocycles. The molecular weight excluding hydrogens is 262 g/mol. The van der Waals surface area contributed by atoms with Gasteiger partial charge in [-0.3, -0.25) is 0 Å². The number of aryl methyl sites for hydroxylation is 2. The summed E-state index contributed by atoms with van der Waals surface area (Å²) in [6.07, 6.45) is 3.63. The Morgan fingerprint density at radius 1 is 1.24 bits per heavy atom. The van der Waals surface area contributed by atoms with E-state index < -0.39 is 0 Å². The molecule has 1 aromatic carbocycles. The average Bonchev–Trinajstić information content (AvgIpc) is 2.49. The second-order valence-electron chi connectivity index (χ2n) is 5.21. The SMILES string of the molecule is CCc1cccc(C)c1Nc1cnnc(NC(C)CC)n1. The lowest BCUT2D eigenvalue weighted by Gasteiger charge is -2.14. The number of nitrogens with one attached hydrogen (secondary N) is 2. The Balaban J connectivity index is 2.22. The summed E-state index contributed by atoms with van der Waals surface area (Å²) in [5.74, 6) is 1.26. The first kappa shape index (κ1) is 15.2. The maximum absolute atomic E-state index is 4.48. The first-order valence-corrected chi connectivity index (χ1v) is 7.45. The molecule has 21 heavy (non-hydrogen) atoms. The van der Waals surface area contributed by atoms with Gasteiger partial charge in [-0.15, -0.1) is 5.10 Å². The van der Waals surface area contributed by atoms with Gasteiger partial charge < -0.3 is 10.6 Å². The van der Waals surface area contributed by atoms with Crippen molar-refractivity contribution in [1.82, 2.24) is 15.2 Å². The molecule has 0 spiro atoms. The molecule has 0 bridgehead atoms. The molecule has 112 valence electrons. The molecule has 5 heteroatoms. The number of anilines is 3. The average molecular weight is 285 g/mol. The number of hydrogen-bond donors (Lipinski definition) is 2. The molecule has 0 aliphatic heterocycles. The summed E-state index contributed by atoms with van der Waals surface area (Å²) in [5, 5.41) is 14.6. The van der Waals surface area contributed by atoms with Gasteiger partial charge in [0, 0.05) is 11.7 Å². The minimum Gasteiger partial charge on any atom is -0.350 e. The fraction of sp³-hybridized carbons (Fsp3) is 0.438. The van der Waals surface area contributed by atoms with E-state index in [2.05, 4.69) is 71.7 Å². The lowest BCUT2D eigenvalue weighted by molar-refractivity contribution is 0.746. The lowest BCUT2D eigenvalue weighted by atomic mass is 10.1. The molecule has 2 aromatic rings. The maximum atomic E-state index is 4.48. The Kier molecular flexibility index (Phi) is 5.09. The van der Waals surface area contributed by atoms with Gasteiger partial charge in [0.1, 0.15) is 0 Å². The van der Waals surface area contributed by atoms with Gasteiger partial charge in [0.05, 0.1) is 6.20 Å². The first-order chi connectivity index (χ1) is 10.1. The van der Waals surface area contributed by atoms with Gasteiger partial charge in [0.15, 0.2) is 5.82 Å². The van der Waals surface area contributed by atoms with Gasteiger partial charge in [0.25, 0.3) is 0 Å². The molecule has 5 nitrogen and oxygen atoms in total. The van der Waals surface area contributed by atoms with Crippen LogP contribution in [-0.4, -0.2) is 21.2 Å². The van der Waals surface area contributed by atoms with Gasteiger partial charge in [-0.25, -0.2) is 0 Å². The van der Waals surface area contributed by atoms with Crippen LogP contribution in [0.5, 0.6) is 0 Å². The Hall–Kier alpha value is -2.17. The van der Waals surface area contributed by atoms with E-state index in [9.17, 15) is 0 Å². The Morgan fingerprint density at radius 3 is 2.76 bits per heavy atom. The highest BCUT2D eigenvalue weighted by atomic mass is 15.3. The molecule has 0 aliphatic rings. The largest absolute Gasteiger partial charge is 0.350 e. The smallest absolute Gasteiger partial charge is 0.244 e. The van der Waals surface area contributed by atoms with Gasteiger partial charge in [-0.05, 0) is 37.8 Å². The van der Waals surface area contributed by atoms with Crippen molar-refractivity contribution in [3.8, 4) is 0 Å². The molecule has 1 unspecified atom stereocenters. The fourth-order valence-corrected chi connectivity index (χ4v) is 2.08. The number of para-hydroxylation sites is 1. The third-order valence-corrected chi connectivity index (χ3v) is 3.54. The second-order valence-corrected chi connectivity index (χ2v) is 5.21. The van der Waals surface area contributed by atoms with Crippen molar-refractivity contribution in [1.29, 1.82) is 0 Å². The molecule has 0 saturated heterocycles. The highest BCUT2D eigenvalue weighted by Gasteiger charge is 2.08. The summed E-state index contributed by atoms with van der Waals surface area (Å²) in [7, 11) is 0. The van der Waals surface area contributed by atoms with Gasteiger partial charge in [-0.2, -0.15) is 10.1 Å². The normalized spacial score (nSPS) is 12.0. The lowest BCUT2D eigenvalue weighted by Crippen LogP contribution is -2.16. The minimum absolute atomic E-state index is 0.326. The van der Waals surface area contributed by atoms with Gasteiger partial charge in [0.2, 0.25) is 5.95 Å². The van der Waals surface area contributed by atoms with Crippen LogP contribution in [0.1, 0.15) is 38.3 Å². The topological polar surface area (TPSA) is 62.7 Å². The van der Waals surface area contributed by atoms with Crippen LogP contribution in [-0.2, 0) is 6.42 Å². The molecular formula is C16H23N5. The molecule has 0 aliphatic carbocycles. The molecule has 1 atom stereocenters. The molecule has 0 radical (unpaired) electrons. The van der Waals surface area contributed by atoms with Crippen molar-refractivity contribution in [2.75, 3.05) is 10.6 Å². The van der Waals surface area contributed by atoms with Crippen LogP contribution in [0.25, 0.3) is 0 Å².